The van der Waals surface area contributed by atoms with Gasteiger partial charge in [0.15, 0.2) is 6.10 Å². The van der Waals surface area contributed by atoms with E-state index in [9.17, 15) is 18.0 Å². The number of fused-ring (bicyclic) bond motifs is 1. The quantitative estimate of drug-likeness (QED) is 0.687. The number of carbonyl (C=O) groups excluding carboxylic acids is 2. The van der Waals surface area contributed by atoms with E-state index in [4.69, 9.17) is 4.74 Å². The monoisotopic (exact) mass is 393 g/mol. The fourth-order valence-electron chi connectivity index (χ4n) is 3.89. The molecular weight excluding hydrogens is 370 g/mol. The zero-order valence-corrected chi connectivity index (χ0v) is 15.9. The van der Waals surface area contributed by atoms with E-state index in [2.05, 4.69) is 0 Å². The lowest BCUT2D eigenvalue weighted by molar-refractivity contribution is -0.142. The molecule has 0 saturated carbocycles. The highest BCUT2D eigenvalue weighted by molar-refractivity contribution is 7.86. The van der Waals surface area contributed by atoms with Crippen LogP contribution in [-0.2, 0) is 26.2 Å². The van der Waals surface area contributed by atoms with Gasteiger partial charge in [0.05, 0.1) is 5.56 Å². The second-order valence-corrected chi connectivity index (χ2v) is 9.02. The molecule has 0 aliphatic carbocycles. The summed E-state index contributed by atoms with van der Waals surface area (Å²) in [6, 6.07) is 7.13. The number of ether oxygens (including phenoxy) is 1. The maximum atomic E-state index is 12.8. The summed E-state index contributed by atoms with van der Waals surface area (Å²) in [6.07, 6.45) is 1.31. The minimum absolute atomic E-state index is 0.254. The average molecular weight is 393 g/mol. The van der Waals surface area contributed by atoms with Gasteiger partial charge in [0.25, 0.3) is 16.1 Å². The molecule has 0 bridgehead atoms. The van der Waals surface area contributed by atoms with E-state index in [-0.39, 0.29) is 19.0 Å². The topological polar surface area (TPSA) is 87.2 Å². The van der Waals surface area contributed by atoms with Gasteiger partial charge in [-0.3, -0.25) is 4.79 Å². The van der Waals surface area contributed by atoms with Crippen molar-refractivity contribution in [3.8, 4) is 0 Å². The molecule has 3 aliphatic rings. The van der Waals surface area contributed by atoms with Gasteiger partial charge in [-0.15, -0.1) is 0 Å². The van der Waals surface area contributed by atoms with Crippen LogP contribution in [0.4, 0.5) is 0 Å². The number of benzene rings is 1. The third-order valence-corrected chi connectivity index (χ3v) is 7.47. The predicted molar refractivity (Wildman–Crippen MR) is 97.2 cm³/mol. The number of piperazine rings is 1. The SMILES string of the molecule is O=C1OC(C(=O)N2CCN(S(=O)(=O)N3CCCC3)CC2)Cc2ccccc21. The highest BCUT2D eigenvalue weighted by Gasteiger charge is 2.38. The normalized spacial score (nSPS) is 24.5. The van der Waals surface area contributed by atoms with Crippen LogP contribution in [0.25, 0.3) is 0 Å². The van der Waals surface area contributed by atoms with Gasteiger partial charge >= 0.3 is 5.97 Å². The largest absolute Gasteiger partial charge is 0.448 e. The lowest BCUT2D eigenvalue weighted by Gasteiger charge is -2.37. The van der Waals surface area contributed by atoms with Crippen molar-refractivity contribution in [3.63, 3.8) is 0 Å². The lowest BCUT2D eigenvalue weighted by Crippen LogP contribution is -2.56. The van der Waals surface area contributed by atoms with Crippen LogP contribution in [-0.4, -0.2) is 79.2 Å². The zero-order valence-electron chi connectivity index (χ0n) is 15.0. The first-order chi connectivity index (χ1) is 13.0. The number of nitrogens with zero attached hydrogens (tertiary/aromatic N) is 3. The number of hydrogen-bond donors (Lipinski definition) is 0. The molecule has 1 amide bonds. The molecule has 0 N–H and O–H groups in total. The number of amides is 1. The van der Waals surface area contributed by atoms with Gasteiger partial charge in [-0.05, 0) is 24.5 Å². The van der Waals surface area contributed by atoms with E-state index >= 15 is 0 Å². The molecule has 0 radical (unpaired) electrons. The van der Waals surface area contributed by atoms with Crippen LogP contribution < -0.4 is 0 Å². The smallest absolute Gasteiger partial charge is 0.339 e. The van der Waals surface area contributed by atoms with Crippen molar-refractivity contribution in [3.05, 3.63) is 35.4 Å². The molecule has 3 aliphatic heterocycles. The Labute approximate surface area is 158 Å². The minimum Gasteiger partial charge on any atom is -0.448 e. The van der Waals surface area contributed by atoms with E-state index in [1.807, 2.05) is 12.1 Å². The molecule has 2 fully saturated rings. The van der Waals surface area contributed by atoms with Crippen LogP contribution in [0.5, 0.6) is 0 Å². The molecule has 1 aromatic rings. The van der Waals surface area contributed by atoms with E-state index < -0.39 is 22.3 Å². The number of cyclic esters (lactones) is 1. The maximum Gasteiger partial charge on any atom is 0.339 e. The summed E-state index contributed by atoms with van der Waals surface area (Å²) >= 11 is 0. The second-order valence-electron chi connectivity index (χ2n) is 7.09. The fourth-order valence-corrected chi connectivity index (χ4v) is 5.57. The molecule has 2 saturated heterocycles. The summed E-state index contributed by atoms with van der Waals surface area (Å²) in [6.45, 7) is 2.28. The van der Waals surface area contributed by atoms with Gasteiger partial charge in [-0.1, -0.05) is 18.2 Å². The maximum absolute atomic E-state index is 12.8. The number of hydrogen-bond acceptors (Lipinski definition) is 5. The van der Waals surface area contributed by atoms with Gasteiger partial charge in [-0.25, -0.2) is 4.79 Å². The van der Waals surface area contributed by atoms with E-state index in [1.165, 1.54) is 8.61 Å². The Morgan fingerprint density at radius 1 is 0.963 bits per heavy atom. The first kappa shape index (κ1) is 18.4. The van der Waals surface area contributed by atoms with Crippen molar-refractivity contribution in [2.75, 3.05) is 39.3 Å². The minimum atomic E-state index is -3.44. The molecule has 1 aromatic carbocycles. The van der Waals surface area contributed by atoms with Gasteiger partial charge < -0.3 is 9.64 Å². The van der Waals surface area contributed by atoms with Crippen LogP contribution in [0.15, 0.2) is 24.3 Å². The Morgan fingerprint density at radius 3 is 2.30 bits per heavy atom. The Balaban J connectivity index is 1.39. The first-order valence-corrected chi connectivity index (χ1v) is 10.7. The van der Waals surface area contributed by atoms with E-state index in [0.717, 1.165) is 18.4 Å². The molecule has 146 valence electrons. The van der Waals surface area contributed by atoms with Crippen molar-refractivity contribution in [2.24, 2.45) is 0 Å². The van der Waals surface area contributed by atoms with Crippen molar-refractivity contribution in [1.29, 1.82) is 0 Å². The third kappa shape index (κ3) is 3.46. The zero-order chi connectivity index (χ0) is 19.0. The van der Waals surface area contributed by atoms with Crippen molar-refractivity contribution in [2.45, 2.75) is 25.4 Å². The first-order valence-electron chi connectivity index (χ1n) is 9.30. The molecule has 9 heteroatoms. The van der Waals surface area contributed by atoms with Crippen molar-refractivity contribution in [1.82, 2.24) is 13.5 Å². The van der Waals surface area contributed by atoms with Crippen LogP contribution in [0.1, 0.15) is 28.8 Å². The summed E-state index contributed by atoms with van der Waals surface area (Å²) in [5, 5.41) is 0. The van der Waals surface area contributed by atoms with E-state index in [0.29, 0.717) is 38.2 Å². The van der Waals surface area contributed by atoms with Gasteiger partial charge in [-0.2, -0.15) is 17.0 Å². The van der Waals surface area contributed by atoms with Crippen molar-refractivity contribution < 1.29 is 22.7 Å². The molecule has 27 heavy (non-hydrogen) atoms. The average Bonchev–Trinajstić information content (AvgIpc) is 3.23. The summed E-state index contributed by atoms with van der Waals surface area (Å²) in [5.41, 5.74) is 1.31. The number of esters is 1. The van der Waals surface area contributed by atoms with Gasteiger partial charge in [0.2, 0.25) is 0 Å². The lowest BCUT2D eigenvalue weighted by atomic mass is 9.98. The number of rotatable bonds is 3. The van der Waals surface area contributed by atoms with Crippen LogP contribution in [0.2, 0.25) is 0 Å². The van der Waals surface area contributed by atoms with Crippen LogP contribution >= 0.6 is 0 Å². The summed E-state index contributed by atoms with van der Waals surface area (Å²) in [4.78, 5) is 26.5. The standard InChI is InChI=1S/C18H23N3O5S/c22-17(16-13-14-5-1-2-6-15(14)18(23)26-16)19-9-11-21(12-10-19)27(24,25)20-7-3-4-8-20/h1-2,5-6,16H,3-4,7-13H2. The molecule has 4 rings (SSSR count). The van der Waals surface area contributed by atoms with Gasteiger partial charge in [0, 0.05) is 45.7 Å². The molecule has 0 aromatic heterocycles. The summed E-state index contributed by atoms with van der Waals surface area (Å²) in [7, 11) is -3.44. The molecule has 8 nitrogen and oxygen atoms in total. The third-order valence-electron chi connectivity index (χ3n) is 5.44. The molecular formula is C18H23N3O5S. The fraction of sp³-hybridized carbons (Fsp3) is 0.556. The Hall–Kier alpha value is -1.97. The molecule has 0 spiro atoms. The highest BCUT2D eigenvalue weighted by atomic mass is 32.2. The molecule has 1 unspecified atom stereocenters. The Kier molecular flexibility index (Phi) is 4.92. The highest BCUT2D eigenvalue weighted by Crippen LogP contribution is 2.23. The summed E-state index contributed by atoms with van der Waals surface area (Å²) < 4.78 is 33.6. The Bertz CT molecular complexity index is 842. The van der Waals surface area contributed by atoms with Gasteiger partial charge in [0.1, 0.15) is 0 Å². The van der Waals surface area contributed by atoms with Crippen LogP contribution in [0, 0.1) is 0 Å². The molecule has 3 heterocycles. The number of carbonyl (C=O) groups is 2. The Morgan fingerprint density at radius 2 is 1.59 bits per heavy atom. The predicted octanol–water partition coefficient (Wildman–Crippen LogP) is 0.253. The van der Waals surface area contributed by atoms with Crippen LogP contribution in [0.3, 0.4) is 0 Å². The summed E-state index contributed by atoms with van der Waals surface area (Å²) in [5.74, 6) is -0.735. The molecule has 1 atom stereocenters. The second kappa shape index (κ2) is 7.21. The van der Waals surface area contributed by atoms with E-state index in [1.54, 1.807) is 17.0 Å². The van der Waals surface area contributed by atoms with Crippen molar-refractivity contribution >= 4 is 22.1 Å².